The van der Waals surface area contributed by atoms with Gasteiger partial charge >= 0.3 is 0 Å². The zero-order valence-corrected chi connectivity index (χ0v) is 15.4. The number of hydrogen-bond donors (Lipinski definition) is 0. The van der Waals surface area contributed by atoms with E-state index in [0.29, 0.717) is 5.78 Å². The zero-order chi connectivity index (χ0) is 18.1. The summed E-state index contributed by atoms with van der Waals surface area (Å²) in [6.45, 7) is 4.10. The smallest absolute Gasteiger partial charge is 0.136 e. The lowest BCUT2D eigenvalue weighted by Crippen LogP contribution is -2.16. The number of nitrogens with zero attached hydrogens (tertiary/aromatic N) is 2. The van der Waals surface area contributed by atoms with E-state index in [2.05, 4.69) is 37.3 Å². The predicted octanol–water partition coefficient (Wildman–Crippen LogP) is 4.91. The third-order valence-electron chi connectivity index (χ3n) is 5.49. The summed E-state index contributed by atoms with van der Waals surface area (Å²) in [5.41, 5.74) is 4.91. The Kier molecular flexibility index (Phi) is 4.31. The number of hydrogen-bond acceptors (Lipinski definition) is 3. The van der Waals surface area contributed by atoms with E-state index in [0.717, 1.165) is 48.3 Å². The molecule has 2 aromatic rings. The minimum atomic E-state index is -0.372. The Morgan fingerprint density at radius 2 is 1.96 bits per heavy atom. The van der Waals surface area contributed by atoms with E-state index in [9.17, 15) is 4.79 Å². The van der Waals surface area contributed by atoms with Gasteiger partial charge in [-0.3, -0.25) is 9.79 Å². The van der Waals surface area contributed by atoms with Crippen LogP contribution in [-0.4, -0.2) is 16.5 Å². The molecular formula is C23H24N2O. The molecule has 0 spiro atoms. The fourth-order valence-electron chi connectivity index (χ4n) is 3.94. The number of Topliss-reactive ketones (excluding diaryl/α,β-unsaturated/α-hetero) is 1. The number of allylic oxidation sites excluding steroid dienone is 1. The molecule has 1 fully saturated rings. The van der Waals surface area contributed by atoms with Gasteiger partial charge in [0.1, 0.15) is 11.3 Å². The number of carbonyl (C=O) groups is 1. The van der Waals surface area contributed by atoms with Crippen molar-refractivity contribution in [1.29, 1.82) is 0 Å². The minimum absolute atomic E-state index is 0.220. The molecule has 0 radical (unpaired) electrons. The first-order valence-electron chi connectivity index (χ1n) is 9.39. The molecule has 1 aromatic heterocycles. The zero-order valence-electron chi connectivity index (χ0n) is 15.4. The van der Waals surface area contributed by atoms with Crippen molar-refractivity contribution in [3.05, 3.63) is 65.9 Å². The number of aliphatic imine (C=N–C) groups is 1. The summed E-state index contributed by atoms with van der Waals surface area (Å²) in [5, 5.41) is 0. The van der Waals surface area contributed by atoms with Gasteiger partial charge in [-0.1, -0.05) is 30.3 Å². The van der Waals surface area contributed by atoms with Crippen LogP contribution < -0.4 is 0 Å². The molecule has 0 bridgehead atoms. The predicted molar refractivity (Wildman–Crippen MR) is 105 cm³/mol. The van der Waals surface area contributed by atoms with Gasteiger partial charge in [-0.25, -0.2) is 4.98 Å². The van der Waals surface area contributed by atoms with E-state index in [1.807, 2.05) is 31.2 Å². The van der Waals surface area contributed by atoms with Crippen molar-refractivity contribution in [2.24, 2.45) is 10.9 Å². The lowest BCUT2D eigenvalue weighted by molar-refractivity contribution is -0.120. The highest BCUT2D eigenvalue weighted by Gasteiger charge is 2.27. The summed E-state index contributed by atoms with van der Waals surface area (Å²) in [7, 11) is 0. The summed E-state index contributed by atoms with van der Waals surface area (Å²) in [6.07, 6.45) is 7.87. The molecule has 132 valence electrons. The van der Waals surface area contributed by atoms with Gasteiger partial charge in [-0.05, 0) is 63.0 Å². The maximum Gasteiger partial charge on any atom is 0.136 e. The first kappa shape index (κ1) is 16.9. The lowest BCUT2D eigenvalue weighted by Gasteiger charge is -2.18. The van der Waals surface area contributed by atoms with Crippen LogP contribution in [0.3, 0.4) is 0 Å². The van der Waals surface area contributed by atoms with Crippen LogP contribution in [0, 0.1) is 5.92 Å². The van der Waals surface area contributed by atoms with Crippen molar-refractivity contribution in [1.82, 2.24) is 4.98 Å². The summed E-state index contributed by atoms with van der Waals surface area (Å²) < 4.78 is 0. The van der Waals surface area contributed by atoms with Crippen molar-refractivity contribution >= 4 is 11.5 Å². The maximum absolute atomic E-state index is 11.9. The highest BCUT2D eigenvalue weighted by molar-refractivity contribution is 5.95. The summed E-state index contributed by atoms with van der Waals surface area (Å²) in [6, 6.07) is 14.6. The number of rotatable bonds is 4. The van der Waals surface area contributed by atoms with Crippen LogP contribution in [0.2, 0.25) is 0 Å². The third-order valence-corrected chi connectivity index (χ3v) is 5.49. The second-order valence-electron chi connectivity index (χ2n) is 7.60. The van der Waals surface area contributed by atoms with Gasteiger partial charge in [0.2, 0.25) is 0 Å². The molecule has 3 nitrogen and oxygen atoms in total. The molecule has 0 amide bonds. The fraction of sp³-hybridized carbons (Fsp3) is 0.348. The fourth-order valence-corrected chi connectivity index (χ4v) is 3.94. The van der Waals surface area contributed by atoms with Crippen molar-refractivity contribution in [3.8, 4) is 11.3 Å². The van der Waals surface area contributed by atoms with Gasteiger partial charge in [-0.2, -0.15) is 0 Å². The summed E-state index contributed by atoms with van der Waals surface area (Å²) in [5.74, 6) is 0.648. The van der Waals surface area contributed by atoms with Crippen molar-refractivity contribution in [3.63, 3.8) is 0 Å². The molecule has 26 heavy (non-hydrogen) atoms. The topological polar surface area (TPSA) is 42.3 Å². The summed E-state index contributed by atoms with van der Waals surface area (Å²) in [4.78, 5) is 21.4. The highest BCUT2D eigenvalue weighted by Crippen LogP contribution is 2.31. The average Bonchev–Trinajstić information content (AvgIpc) is 3.22. The molecule has 3 heteroatoms. The van der Waals surface area contributed by atoms with Gasteiger partial charge in [0, 0.05) is 23.6 Å². The van der Waals surface area contributed by atoms with Gasteiger partial charge in [0.15, 0.2) is 0 Å². The van der Waals surface area contributed by atoms with E-state index >= 15 is 0 Å². The number of aromatic nitrogens is 1. The number of benzene rings is 1. The van der Waals surface area contributed by atoms with E-state index < -0.39 is 0 Å². The van der Waals surface area contributed by atoms with Gasteiger partial charge in [0.05, 0.1) is 11.4 Å². The number of pyridine rings is 1. The largest absolute Gasteiger partial charge is 0.299 e. The standard InChI is InChI=1S/C23H24N2O/c1-16-13-14-23(2,25-16)22-8-4-6-20(24-22)18-11-9-17(10-12-18)15-19-5-3-7-21(19)26/h4,6,8-14,19H,3,5,7,15H2,1-2H3. The van der Waals surface area contributed by atoms with Gasteiger partial charge < -0.3 is 0 Å². The molecule has 0 saturated heterocycles. The Labute approximate surface area is 154 Å². The monoisotopic (exact) mass is 344 g/mol. The van der Waals surface area contributed by atoms with Crippen molar-refractivity contribution in [2.45, 2.75) is 45.1 Å². The normalized spacial score (nSPS) is 24.9. The molecule has 1 aromatic carbocycles. The third kappa shape index (κ3) is 3.26. The molecule has 1 saturated carbocycles. The van der Waals surface area contributed by atoms with Crippen LogP contribution in [0.5, 0.6) is 0 Å². The second kappa shape index (κ2) is 6.64. The Morgan fingerprint density at radius 1 is 1.15 bits per heavy atom. The molecule has 0 N–H and O–H groups in total. The van der Waals surface area contributed by atoms with E-state index in [-0.39, 0.29) is 11.5 Å². The molecule has 1 aliphatic heterocycles. The second-order valence-corrected chi connectivity index (χ2v) is 7.60. The molecule has 1 aliphatic carbocycles. The first-order chi connectivity index (χ1) is 12.5. The molecule has 4 rings (SSSR count). The highest BCUT2D eigenvalue weighted by atomic mass is 16.1. The number of carbonyl (C=O) groups excluding carboxylic acids is 1. The van der Waals surface area contributed by atoms with Crippen molar-refractivity contribution < 1.29 is 4.79 Å². The van der Waals surface area contributed by atoms with E-state index in [1.54, 1.807) is 0 Å². The molecule has 2 aliphatic rings. The molecule has 2 atom stereocenters. The summed E-state index contributed by atoms with van der Waals surface area (Å²) >= 11 is 0. The lowest BCUT2D eigenvalue weighted by atomic mass is 9.95. The van der Waals surface area contributed by atoms with Crippen molar-refractivity contribution in [2.75, 3.05) is 0 Å². The Hall–Kier alpha value is -2.55. The Morgan fingerprint density at radius 3 is 2.62 bits per heavy atom. The number of ketones is 1. The van der Waals surface area contributed by atoms with Gasteiger partial charge in [0.25, 0.3) is 0 Å². The SMILES string of the molecule is CC1=NC(C)(c2cccc(-c3ccc(CC4CCCC4=O)cc3)n2)C=C1. The first-order valence-corrected chi connectivity index (χ1v) is 9.39. The van der Waals surface area contributed by atoms with Crippen LogP contribution in [0.4, 0.5) is 0 Å². The molecule has 2 heterocycles. The van der Waals surface area contributed by atoms with Crippen LogP contribution in [-0.2, 0) is 16.8 Å². The maximum atomic E-state index is 11.9. The van der Waals surface area contributed by atoms with Crippen LogP contribution >= 0.6 is 0 Å². The average molecular weight is 344 g/mol. The quantitative estimate of drug-likeness (QED) is 0.791. The Bertz CT molecular complexity index is 895. The van der Waals surface area contributed by atoms with Gasteiger partial charge in [-0.15, -0.1) is 0 Å². The Balaban J connectivity index is 1.55. The van der Waals surface area contributed by atoms with Crippen LogP contribution in [0.1, 0.15) is 44.4 Å². The van der Waals surface area contributed by atoms with E-state index in [1.165, 1.54) is 5.56 Å². The minimum Gasteiger partial charge on any atom is -0.299 e. The van der Waals surface area contributed by atoms with E-state index in [4.69, 9.17) is 9.98 Å². The molecular weight excluding hydrogens is 320 g/mol. The van der Waals surface area contributed by atoms with Crippen LogP contribution in [0.25, 0.3) is 11.3 Å². The van der Waals surface area contributed by atoms with Crippen LogP contribution in [0.15, 0.2) is 59.6 Å². The molecule has 2 unspecified atom stereocenters.